The Kier molecular flexibility index (Phi) is 5.31. The molecule has 0 aromatic heterocycles. The van der Waals surface area contributed by atoms with Gasteiger partial charge in [-0.25, -0.2) is 18.5 Å². The normalized spacial score (nSPS) is 24.2. The van der Waals surface area contributed by atoms with E-state index in [0.717, 1.165) is 57.2 Å². The Labute approximate surface area is 149 Å². The SMILES string of the molecule is CCNC(=NCc1cccc(S(N)(=O)=O)c1)N1CCC2(CCOC2)C1. The molecular formula is C17H26N4O3S. The van der Waals surface area contributed by atoms with Crippen molar-refractivity contribution in [1.82, 2.24) is 10.2 Å². The van der Waals surface area contributed by atoms with Crippen LogP contribution in [0.1, 0.15) is 25.3 Å². The Hall–Kier alpha value is -1.64. The van der Waals surface area contributed by atoms with Gasteiger partial charge in [0.15, 0.2) is 5.96 Å². The summed E-state index contributed by atoms with van der Waals surface area (Å²) >= 11 is 0. The van der Waals surface area contributed by atoms with Crippen LogP contribution >= 0.6 is 0 Å². The van der Waals surface area contributed by atoms with Crippen molar-refractivity contribution in [3.8, 4) is 0 Å². The van der Waals surface area contributed by atoms with Crippen LogP contribution < -0.4 is 10.5 Å². The molecule has 138 valence electrons. The van der Waals surface area contributed by atoms with Gasteiger partial charge in [-0.05, 0) is 37.5 Å². The minimum atomic E-state index is -3.69. The molecule has 1 atom stereocenters. The summed E-state index contributed by atoms with van der Waals surface area (Å²) in [5, 5.41) is 8.54. The van der Waals surface area contributed by atoms with Gasteiger partial charge in [0, 0.05) is 31.7 Å². The van der Waals surface area contributed by atoms with Crippen LogP contribution in [-0.4, -0.2) is 52.1 Å². The highest BCUT2D eigenvalue weighted by molar-refractivity contribution is 7.89. The number of hydrogen-bond donors (Lipinski definition) is 2. The maximum Gasteiger partial charge on any atom is 0.238 e. The fraction of sp³-hybridized carbons (Fsp3) is 0.588. The van der Waals surface area contributed by atoms with E-state index in [9.17, 15) is 8.42 Å². The lowest BCUT2D eigenvalue weighted by molar-refractivity contribution is 0.156. The monoisotopic (exact) mass is 366 g/mol. The fourth-order valence-electron chi connectivity index (χ4n) is 3.50. The molecule has 3 rings (SSSR count). The number of hydrogen-bond acceptors (Lipinski definition) is 4. The number of likely N-dealkylation sites (tertiary alicyclic amines) is 1. The molecule has 0 radical (unpaired) electrons. The second kappa shape index (κ2) is 7.31. The lowest BCUT2D eigenvalue weighted by atomic mass is 9.87. The predicted molar refractivity (Wildman–Crippen MR) is 96.7 cm³/mol. The van der Waals surface area contributed by atoms with E-state index in [2.05, 4.69) is 10.2 Å². The molecule has 0 aliphatic carbocycles. The molecule has 7 nitrogen and oxygen atoms in total. The molecule has 8 heteroatoms. The summed E-state index contributed by atoms with van der Waals surface area (Å²) in [7, 11) is -3.69. The first-order valence-electron chi connectivity index (χ1n) is 8.65. The van der Waals surface area contributed by atoms with Crippen molar-refractivity contribution in [2.45, 2.75) is 31.2 Å². The van der Waals surface area contributed by atoms with Gasteiger partial charge in [0.05, 0.1) is 18.0 Å². The molecule has 1 unspecified atom stereocenters. The van der Waals surface area contributed by atoms with E-state index in [0.29, 0.717) is 6.54 Å². The van der Waals surface area contributed by atoms with E-state index >= 15 is 0 Å². The average molecular weight is 366 g/mol. The summed E-state index contributed by atoms with van der Waals surface area (Å²) in [5.41, 5.74) is 1.09. The predicted octanol–water partition coefficient (Wildman–Crippen LogP) is 0.912. The molecule has 2 heterocycles. The zero-order chi connectivity index (χ0) is 17.9. The Morgan fingerprint density at radius 3 is 2.96 bits per heavy atom. The molecule has 2 aliphatic heterocycles. The van der Waals surface area contributed by atoms with Crippen molar-refractivity contribution in [3.05, 3.63) is 29.8 Å². The zero-order valence-electron chi connectivity index (χ0n) is 14.6. The quantitative estimate of drug-likeness (QED) is 0.610. The third-order valence-corrected chi connectivity index (χ3v) is 5.81. The van der Waals surface area contributed by atoms with Crippen molar-refractivity contribution < 1.29 is 13.2 Å². The van der Waals surface area contributed by atoms with Gasteiger partial charge in [0.25, 0.3) is 0 Å². The molecule has 2 aliphatic rings. The highest BCUT2D eigenvalue weighted by Crippen LogP contribution is 2.38. The first kappa shape index (κ1) is 18.2. The summed E-state index contributed by atoms with van der Waals surface area (Å²) in [4.78, 5) is 7.10. The van der Waals surface area contributed by atoms with Crippen LogP contribution in [0.15, 0.2) is 34.2 Å². The van der Waals surface area contributed by atoms with Gasteiger partial charge in [-0.3, -0.25) is 0 Å². The number of nitrogens with zero attached hydrogens (tertiary/aromatic N) is 2. The van der Waals surface area contributed by atoms with E-state index in [1.807, 2.05) is 13.0 Å². The van der Waals surface area contributed by atoms with Gasteiger partial charge >= 0.3 is 0 Å². The van der Waals surface area contributed by atoms with Crippen molar-refractivity contribution in [2.75, 3.05) is 32.8 Å². The maximum atomic E-state index is 11.5. The van der Waals surface area contributed by atoms with E-state index in [1.54, 1.807) is 12.1 Å². The van der Waals surface area contributed by atoms with E-state index in [4.69, 9.17) is 14.9 Å². The van der Waals surface area contributed by atoms with Gasteiger partial charge in [-0.15, -0.1) is 0 Å². The Morgan fingerprint density at radius 2 is 2.28 bits per heavy atom. The smallest absolute Gasteiger partial charge is 0.238 e. The standard InChI is InChI=1S/C17H26N4O3S/c1-2-19-16(21-8-6-17(12-21)7-9-24-13-17)20-11-14-4-3-5-15(10-14)25(18,22)23/h3-5,10H,2,6-9,11-13H2,1H3,(H,19,20)(H2,18,22,23). The Bertz CT molecular complexity index is 742. The lowest BCUT2D eigenvalue weighted by Gasteiger charge is -2.25. The number of nitrogens with two attached hydrogens (primary N) is 1. The molecule has 25 heavy (non-hydrogen) atoms. The van der Waals surface area contributed by atoms with E-state index in [1.165, 1.54) is 6.07 Å². The molecule has 0 saturated carbocycles. The van der Waals surface area contributed by atoms with Crippen molar-refractivity contribution in [3.63, 3.8) is 0 Å². The number of sulfonamides is 1. The molecule has 0 bridgehead atoms. The highest BCUT2D eigenvalue weighted by atomic mass is 32.2. The second-order valence-corrected chi connectivity index (χ2v) is 8.40. The summed E-state index contributed by atoms with van der Waals surface area (Å²) < 4.78 is 28.6. The number of nitrogens with one attached hydrogen (secondary N) is 1. The number of aliphatic imine (C=N–C) groups is 1. The Morgan fingerprint density at radius 1 is 1.44 bits per heavy atom. The van der Waals surface area contributed by atoms with Crippen LogP contribution in [0.3, 0.4) is 0 Å². The lowest BCUT2D eigenvalue weighted by Crippen LogP contribution is -2.41. The second-order valence-electron chi connectivity index (χ2n) is 6.84. The molecule has 1 aromatic rings. The van der Waals surface area contributed by atoms with Gasteiger partial charge in [0.2, 0.25) is 10.0 Å². The minimum Gasteiger partial charge on any atom is -0.381 e. The summed E-state index contributed by atoms with van der Waals surface area (Å²) in [6.45, 7) is 6.84. The molecule has 3 N–H and O–H groups in total. The largest absolute Gasteiger partial charge is 0.381 e. The van der Waals surface area contributed by atoms with E-state index in [-0.39, 0.29) is 10.3 Å². The van der Waals surface area contributed by atoms with Crippen LogP contribution in [0.5, 0.6) is 0 Å². The fourth-order valence-corrected chi connectivity index (χ4v) is 4.08. The van der Waals surface area contributed by atoms with Crippen molar-refractivity contribution in [1.29, 1.82) is 0 Å². The topological polar surface area (TPSA) is 97.0 Å². The summed E-state index contributed by atoms with van der Waals surface area (Å²) in [6.07, 6.45) is 2.23. The highest BCUT2D eigenvalue weighted by Gasteiger charge is 2.42. The number of guanidine groups is 1. The first-order chi connectivity index (χ1) is 11.9. The van der Waals surface area contributed by atoms with Gasteiger partial charge in [-0.1, -0.05) is 12.1 Å². The minimum absolute atomic E-state index is 0.119. The third-order valence-electron chi connectivity index (χ3n) is 4.90. The van der Waals surface area contributed by atoms with Gasteiger partial charge in [-0.2, -0.15) is 0 Å². The van der Waals surface area contributed by atoms with Gasteiger partial charge < -0.3 is 15.0 Å². The van der Waals surface area contributed by atoms with Crippen molar-refractivity contribution in [2.24, 2.45) is 15.5 Å². The number of benzene rings is 1. The van der Waals surface area contributed by atoms with Crippen LogP contribution in [0.4, 0.5) is 0 Å². The molecule has 0 amide bonds. The molecule has 2 fully saturated rings. The van der Waals surface area contributed by atoms with Crippen LogP contribution in [0, 0.1) is 5.41 Å². The van der Waals surface area contributed by atoms with Crippen LogP contribution in [0.2, 0.25) is 0 Å². The summed E-state index contributed by atoms with van der Waals surface area (Å²) in [6, 6.07) is 6.63. The summed E-state index contributed by atoms with van der Waals surface area (Å²) in [5.74, 6) is 0.868. The van der Waals surface area contributed by atoms with E-state index < -0.39 is 10.0 Å². The maximum absolute atomic E-state index is 11.5. The first-order valence-corrected chi connectivity index (χ1v) is 10.2. The van der Waals surface area contributed by atoms with Gasteiger partial charge in [0.1, 0.15) is 0 Å². The number of ether oxygens (including phenoxy) is 1. The molecule has 1 spiro atoms. The molecule has 1 aromatic carbocycles. The molecule has 2 saturated heterocycles. The Balaban J connectivity index is 1.73. The molecular weight excluding hydrogens is 340 g/mol. The van der Waals surface area contributed by atoms with Crippen LogP contribution in [-0.2, 0) is 21.3 Å². The average Bonchev–Trinajstić information content (AvgIpc) is 3.21. The third kappa shape index (κ3) is 4.31. The number of primary sulfonamides is 1. The number of rotatable bonds is 4. The van der Waals surface area contributed by atoms with Crippen molar-refractivity contribution >= 4 is 16.0 Å². The zero-order valence-corrected chi connectivity index (χ0v) is 15.4. The van der Waals surface area contributed by atoms with Crippen LogP contribution in [0.25, 0.3) is 0 Å².